The number of hydrogen-bond donors (Lipinski definition) is 16. The average molecular weight is 1120 g/mol. The molecule has 0 bridgehead atoms. The fourth-order valence-corrected chi connectivity index (χ4v) is 7.70. The number of aliphatic imine (C=N–C) groups is 1. The van der Waals surface area contributed by atoms with E-state index in [0.29, 0.717) is 18.4 Å². The van der Waals surface area contributed by atoms with Crippen LogP contribution in [0.1, 0.15) is 125 Å². The van der Waals surface area contributed by atoms with Crippen molar-refractivity contribution in [3.63, 3.8) is 0 Å². The van der Waals surface area contributed by atoms with Crippen molar-refractivity contribution in [2.75, 3.05) is 13.1 Å². The molecule has 0 aliphatic carbocycles. The summed E-state index contributed by atoms with van der Waals surface area (Å²) in [7, 11) is 0. The zero-order chi connectivity index (χ0) is 60.1. The van der Waals surface area contributed by atoms with Crippen LogP contribution in [0.4, 0.5) is 0 Å². The first-order valence-electron chi connectivity index (χ1n) is 26.5. The van der Waals surface area contributed by atoms with E-state index in [2.05, 4.69) is 47.5 Å². The lowest BCUT2D eigenvalue weighted by molar-refractivity contribution is -0.136. The Morgan fingerprint density at radius 2 is 0.873 bits per heavy atom. The highest BCUT2D eigenvalue weighted by Crippen LogP contribution is 2.15. The highest BCUT2D eigenvalue weighted by Gasteiger charge is 2.35. The lowest BCUT2D eigenvalue weighted by Gasteiger charge is -2.28. The number of nitrogens with two attached hydrogens (primary N) is 6. The molecule has 0 aliphatic rings. The van der Waals surface area contributed by atoms with Gasteiger partial charge in [-0.2, -0.15) is 0 Å². The van der Waals surface area contributed by atoms with Crippen LogP contribution >= 0.6 is 0 Å². The first kappa shape index (κ1) is 69.4. The molecule has 22 N–H and O–H groups in total. The highest BCUT2D eigenvalue weighted by molar-refractivity contribution is 5.98. The van der Waals surface area contributed by atoms with Crippen molar-refractivity contribution in [2.45, 2.75) is 180 Å². The number of phenolic OH excluding ortho intramolecular Hbond substituents is 1. The number of benzene rings is 1. The zero-order valence-electron chi connectivity index (χ0n) is 46.4. The predicted molar refractivity (Wildman–Crippen MR) is 292 cm³/mol. The maximum atomic E-state index is 14.3. The normalized spacial score (nSPS) is 14.9. The van der Waals surface area contributed by atoms with Gasteiger partial charge in [0.05, 0.1) is 12.0 Å². The van der Waals surface area contributed by atoms with Crippen LogP contribution in [-0.2, 0) is 59.2 Å². The van der Waals surface area contributed by atoms with Crippen LogP contribution in [0.3, 0.4) is 0 Å². The van der Waals surface area contributed by atoms with Crippen molar-refractivity contribution < 1.29 is 63.0 Å². The van der Waals surface area contributed by atoms with Crippen LogP contribution in [0.5, 0.6) is 5.75 Å². The Morgan fingerprint density at radius 3 is 1.32 bits per heavy atom. The minimum absolute atomic E-state index is 0.00259. The average Bonchev–Trinajstić information content (AvgIpc) is 3.35. The summed E-state index contributed by atoms with van der Waals surface area (Å²) >= 11 is 0. The standard InChI is InChI=1S/C51H87N15O13/c1-26(2)23-37(42(55)71)64-50(79)38(24-27(3)4)65-46(75)33(11-8-9-21-52)61-44(73)29(6)59-49(78)39(25-31-13-15-32(68)16-14-31)66-48(77)36(18-20-41(54)70)63-47(76)35(17-19-40(53)69)62-45(74)34(12-10-22-58-51(56)57)60-43(72)28(5)30(7)67/h13-16,26-30,33-39,67-68H,8-12,17-25,52H2,1-7H3,(H2,53,69)(H2,54,70)(H2,55,71)(H,59,78)(H,60,72)(H,61,73)(H,62,74)(H,63,76)(H,64,79)(H,65,75)(H,66,77)(H4,56,57,58)/t28-,29-,30+,33-,34-,35-,36-,37-,38-,39-/m0/s1. The fraction of sp³-hybridized carbons (Fsp3) is 0.647. The van der Waals surface area contributed by atoms with E-state index < -0.39 is 151 Å². The molecule has 0 aliphatic heterocycles. The van der Waals surface area contributed by atoms with Gasteiger partial charge in [0, 0.05) is 25.8 Å². The van der Waals surface area contributed by atoms with Crippen molar-refractivity contribution in [2.24, 2.45) is 57.1 Å². The molecular formula is C51H87N15O13. The number of carbonyl (C=O) groups is 11. The second-order valence-corrected chi connectivity index (χ2v) is 20.5. The number of rotatable bonds is 38. The van der Waals surface area contributed by atoms with Crippen molar-refractivity contribution >= 4 is 70.9 Å². The van der Waals surface area contributed by atoms with Crippen molar-refractivity contribution in [3.8, 4) is 5.75 Å². The molecule has 0 unspecified atom stereocenters. The number of aromatic hydroxyl groups is 1. The summed E-state index contributed by atoms with van der Waals surface area (Å²) in [5.41, 5.74) is 33.4. The number of primary amides is 3. The summed E-state index contributed by atoms with van der Waals surface area (Å²) < 4.78 is 0. The van der Waals surface area contributed by atoms with E-state index in [4.69, 9.17) is 34.4 Å². The Balaban J connectivity index is 3.59. The molecule has 444 valence electrons. The number of hydrogen-bond acceptors (Lipinski definition) is 15. The van der Waals surface area contributed by atoms with Crippen molar-refractivity contribution in [3.05, 3.63) is 29.8 Å². The first-order chi connectivity index (χ1) is 36.9. The summed E-state index contributed by atoms with van der Waals surface area (Å²) in [6.07, 6.45) is -1.79. The quantitative estimate of drug-likeness (QED) is 0.0171. The molecule has 1 rings (SSSR count). The zero-order valence-corrected chi connectivity index (χ0v) is 46.4. The number of nitrogens with zero attached hydrogens (tertiary/aromatic N) is 1. The number of nitrogens with one attached hydrogen (secondary N) is 8. The second kappa shape index (κ2) is 35.7. The van der Waals surface area contributed by atoms with Crippen molar-refractivity contribution in [1.29, 1.82) is 0 Å². The largest absolute Gasteiger partial charge is 0.508 e. The van der Waals surface area contributed by atoms with Crippen molar-refractivity contribution in [1.82, 2.24) is 42.5 Å². The molecule has 1 aromatic carbocycles. The topological polar surface area (TPSA) is 493 Å². The number of phenols is 1. The second-order valence-electron chi connectivity index (χ2n) is 20.5. The molecule has 0 radical (unpaired) electrons. The van der Waals surface area contributed by atoms with Crippen LogP contribution in [0, 0.1) is 17.8 Å². The SMILES string of the molecule is CC(C)C[C@H](NC(=O)[C@H](CC(C)C)NC(=O)[C@H](CCCCN)NC(=O)[C@H](C)NC(=O)[C@H](Cc1ccc(O)cc1)NC(=O)[C@H](CCC(N)=O)NC(=O)[C@H](CCC(N)=O)NC(=O)[C@H](CCCN=C(N)N)NC(=O)[C@@H](C)[C@@H](C)O)C(N)=O. The van der Waals surface area contributed by atoms with Crippen LogP contribution in [0.2, 0.25) is 0 Å². The minimum atomic E-state index is -1.66. The van der Waals surface area contributed by atoms with Gasteiger partial charge >= 0.3 is 0 Å². The number of carbonyl (C=O) groups excluding carboxylic acids is 11. The summed E-state index contributed by atoms with van der Waals surface area (Å²) in [6, 6.07) is -5.38. The van der Waals surface area contributed by atoms with Crippen LogP contribution in [-0.4, -0.2) is 149 Å². The molecule has 0 fully saturated rings. The van der Waals surface area contributed by atoms with Crippen LogP contribution < -0.4 is 76.9 Å². The number of unbranched alkanes of at least 4 members (excludes halogenated alkanes) is 1. The third-order valence-electron chi connectivity index (χ3n) is 12.4. The van der Waals surface area contributed by atoms with Gasteiger partial charge < -0.3 is 87.1 Å². The summed E-state index contributed by atoms with van der Waals surface area (Å²) in [4.78, 5) is 151. The lowest BCUT2D eigenvalue weighted by Crippen LogP contribution is -2.60. The van der Waals surface area contributed by atoms with E-state index in [-0.39, 0.29) is 75.2 Å². The molecular weight excluding hydrogens is 1030 g/mol. The Bertz CT molecular complexity index is 2240. The molecule has 11 amide bonds. The molecule has 0 heterocycles. The van der Waals surface area contributed by atoms with Gasteiger partial charge in [-0.15, -0.1) is 0 Å². The molecule has 0 saturated carbocycles. The molecule has 10 atom stereocenters. The first-order valence-corrected chi connectivity index (χ1v) is 26.5. The van der Waals surface area contributed by atoms with E-state index in [9.17, 15) is 63.0 Å². The molecule has 0 aromatic heterocycles. The number of aliphatic hydroxyl groups excluding tert-OH is 1. The molecule has 28 nitrogen and oxygen atoms in total. The van der Waals surface area contributed by atoms with Gasteiger partial charge in [0.15, 0.2) is 5.96 Å². The Morgan fingerprint density at radius 1 is 0.481 bits per heavy atom. The monoisotopic (exact) mass is 1120 g/mol. The predicted octanol–water partition coefficient (Wildman–Crippen LogP) is -3.86. The lowest BCUT2D eigenvalue weighted by atomic mass is 9.99. The minimum Gasteiger partial charge on any atom is -0.508 e. The Hall–Kier alpha value is -7.62. The van der Waals surface area contributed by atoms with E-state index >= 15 is 0 Å². The van der Waals surface area contributed by atoms with E-state index in [1.54, 1.807) is 0 Å². The smallest absolute Gasteiger partial charge is 0.243 e. The molecule has 28 heteroatoms. The van der Waals surface area contributed by atoms with Gasteiger partial charge in [-0.3, -0.25) is 57.7 Å². The number of amides is 11. The maximum absolute atomic E-state index is 14.3. The Kier molecular flexibility index (Phi) is 31.4. The maximum Gasteiger partial charge on any atom is 0.243 e. The molecule has 0 spiro atoms. The van der Waals surface area contributed by atoms with E-state index in [1.807, 2.05) is 27.7 Å². The fourth-order valence-electron chi connectivity index (χ4n) is 7.70. The van der Waals surface area contributed by atoms with E-state index in [1.165, 1.54) is 45.0 Å². The van der Waals surface area contributed by atoms with Gasteiger partial charge in [-0.25, -0.2) is 0 Å². The third kappa shape index (κ3) is 28.0. The summed E-state index contributed by atoms with van der Waals surface area (Å²) in [5, 5.41) is 40.5. The number of aliphatic hydroxyl groups is 1. The summed E-state index contributed by atoms with van der Waals surface area (Å²) in [6.45, 7) is 11.8. The van der Waals surface area contributed by atoms with E-state index in [0.717, 1.165) is 0 Å². The molecule has 79 heavy (non-hydrogen) atoms. The van der Waals surface area contributed by atoms with Gasteiger partial charge in [-0.05, 0) is 108 Å². The van der Waals surface area contributed by atoms with Gasteiger partial charge in [-0.1, -0.05) is 46.8 Å². The molecule has 0 saturated heterocycles. The van der Waals surface area contributed by atoms with Gasteiger partial charge in [0.25, 0.3) is 0 Å². The highest BCUT2D eigenvalue weighted by atomic mass is 16.3. The Labute approximate surface area is 461 Å². The van der Waals surface area contributed by atoms with Gasteiger partial charge in [0.2, 0.25) is 65.0 Å². The van der Waals surface area contributed by atoms with Crippen LogP contribution in [0.25, 0.3) is 0 Å². The summed E-state index contributed by atoms with van der Waals surface area (Å²) in [5.74, 6) is -10.9. The number of guanidine groups is 1. The van der Waals surface area contributed by atoms with Crippen LogP contribution in [0.15, 0.2) is 29.3 Å². The third-order valence-corrected chi connectivity index (χ3v) is 12.4. The van der Waals surface area contributed by atoms with Gasteiger partial charge in [0.1, 0.15) is 54.1 Å². The molecule has 1 aromatic rings.